The number of nitrogens with one attached hydrogen (secondary N) is 3. The van der Waals surface area contributed by atoms with Crippen LogP contribution in [0.2, 0.25) is 0 Å². The number of hydrogen-bond acceptors (Lipinski definition) is 4. The smallest absolute Gasteiger partial charge is 0.220 e. The lowest BCUT2D eigenvalue weighted by atomic mass is 9.93. The molecule has 1 aliphatic heterocycles. The van der Waals surface area contributed by atoms with Gasteiger partial charge in [0.2, 0.25) is 5.91 Å². The number of fused-ring (bicyclic) bond motifs is 1. The zero-order valence-electron chi connectivity index (χ0n) is 17.4. The molecule has 2 aromatic rings. The Morgan fingerprint density at radius 1 is 1.21 bits per heavy atom. The fourth-order valence-corrected chi connectivity index (χ4v) is 3.65. The summed E-state index contributed by atoms with van der Waals surface area (Å²) in [4.78, 5) is 23.3. The summed E-state index contributed by atoms with van der Waals surface area (Å²) < 4.78 is 0. The third-order valence-electron chi connectivity index (χ3n) is 5.28. The van der Waals surface area contributed by atoms with Crippen molar-refractivity contribution in [3.05, 3.63) is 36.4 Å². The van der Waals surface area contributed by atoms with Crippen LogP contribution in [-0.2, 0) is 4.79 Å². The van der Waals surface area contributed by atoms with Gasteiger partial charge in [0.05, 0.1) is 12.1 Å². The van der Waals surface area contributed by atoms with E-state index in [9.17, 15) is 4.79 Å². The van der Waals surface area contributed by atoms with Crippen LogP contribution >= 0.6 is 0 Å². The van der Waals surface area contributed by atoms with Gasteiger partial charge < -0.3 is 20.9 Å². The minimum Gasteiger partial charge on any atom is -0.368 e. The maximum absolute atomic E-state index is 11.6. The molecule has 0 bridgehead atoms. The van der Waals surface area contributed by atoms with E-state index in [0.29, 0.717) is 18.9 Å². The molecule has 0 radical (unpaired) electrons. The number of aromatic nitrogens is 1. The van der Waals surface area contributed by atoms with Crippen LogP contribution in [0.15, 0.2) is 41.4 Å². The quantitative estimate of drug-likeness (QED) is 0.381. The highest BCUT2D eigenvalue weighted by Gasteiger charge is 2.22. The van der Waals surface area contributed by atoms with E-state index in [1.54, 1.807) is 7.05 Å². The molecule has 1 aromatic heterocycles. The van der Waals surface area contributed by atoms with E-state index >= 15 is 0 Å². The van der Waals surface area contributed by atoms with E-state index in [2.05, 4.69) is 44.9 Å². The molecule has 7 heteroatoms. The minimum atomic E-state index is 0.136. The first-order valence-corrected chi connectivity index (χ1v) is 10.5. The van der Waals surface area contributed by atoms with Gasteiger partial charge in [0.15, 0.2) is 5.96 Å². The van der Waals surface area contributed by atoms with E-state index in [1.165, 1.54) is 0 Å². The average Bonchev–Trinajstić information content (AvgIpc) is 2.76. The molecule has 0 atom stereocenters. The highest BCUT2D eigenvalue weighted by atomic mass is 16.1. The molecule has 0 saturated carbocycles. The van der Waals surface area contributed by atoms with Crippen molar-refractivity contribution in [1.82, 2.24) is 20.5 Å². The maximum atomic E-state index is 11.6. The van der Waals surface area contributed by atoms with E-state index < -0.39 is 0 Å². The molecule has 1 fully saturated rings. The summed E-state index contributed by atoms with van der Waals surface area (Å²) in [6.07, 6.45) is 2.68. The van der Waals surface area contributed by atoms with Crippen molar-refractivity contribution >= 4 is 28.6 Å². The van der Waals surface area contributed by atoms with Crippen LogP contribution in [0.1, 0.15) is 26.2 Å². The van der Waals surface area contributed by atoms with Crippen molar-refractivity contribution in [2.75, 3.05) is 45.1 Å². The molecule has 0 spiro atoms. The first kappa shape index (κ1) is 20.9. The Labute approximate surface area is 173 Å². The monoisotopic (exact) mass is 396 g/mol. The van der Waals surface area contributed by atoms with E-state index in [4.69, 9.17) is 4.99 Å². The first-order chi connectivity index (χ1) is 14.2. The number of likely N-dealkylation sites (tertiary alicyclic amines) is 1. The van der Waals surface area contributed by atoms with Gasteiger partial charge in [0.25, 0.3) is 0 Å². The van der Waals surface area contributed by atoms with E-state index in [1.807, 2.05) is 24.3 Å². The van der Waals surface area contributed by atoms with Crippen molar-refractivity contribution in [2.45, 2.75) is 26.2 Å². The van der Waals surface area contributed by atoms with E-state index in [-0.39, 0.29) is 5.91 Å². The predicted octanol–water partition coefficient (Wildman–Crippen LogP) is 2.46. The third-order valence-corrected chi connectivity index (χ3v) is 5.28. The number of aliphatic imine (C=N–C) groups is 1. The van der Waals surface area contributed by atoms with Gasteiger partial charge in [-0.3, -0.25) is 9.79 Å². The molecular weight excluding hydrogens is 364 g/mol. The number of guanidine groups is 1. The standard InChI is InChI=1S/C22H32N6O/c1-3-24-22(28-14-10-17(11-15-28)16-21(29)23-2)26-13-12-25-20-9-8-18-6-4-5-7-19(18)27-20/h4-9,17H,3,10-16H2,1-2H3,(H,23,29)(H,24,26)(H,25,27). The third kappa shape index (κ3) is 6.07. The molecule has 1 aliphatic rings. The summed E-state index contributed by atoms with van der Waals surface area (Å²) in [7, 11) is 1.70. The van der Waals surface area contributed by atoms with Gasteiger partial charge in [-0.25, -0.2) is 4.98 Å². The van der Waals surface area contributed by atoms with Crippen molar-refractivity contribution in [3.63, 3.8) is 0 Å². The number of carbonyl (C=O) groups excluding carboxylic acids is 1. The van der Waals surface area contributed by atoms with Gasteiger partial charge in [0.1, 0.15) is 5.82 Å². The number of anilines is 1. The van der Waals surface area contributed by atoms with Crippen molar-refractivity contribution < 1.29 is 4.79 Å². The first-order valence-electron chi connectivity index (χ1n) is 10.5. The Balaban J connectivity index is 1.49. The minimum absolute atomic E-state index is 0.136. The number of amides is 1. The van der Waals surface area contributed by atoms with Crippen LogP contribution in [0, 0.1) is 5.92 Å². The number of pyridine rings is 1. The van der Waals surface area contributed by atoms with E-state index in [0.717, 1.165) is 61.7 Å². The fourth-order valence-electron chi connectivity index (χ4n) is 3.65. The van der Waals surface area contributed by atoms with Crippen LogP contribution < -0.4 is 16.0 Å². The van der Waals surface area contributed by atoms with Gasteiger partial charge in [-0.15, -0.1) is 0 Å². The number of rotatable bonds is 7. The van der Waals surface area contributed by atoms with Crippen molar-refractivity contribution in [2.24, 2.45) is 10.9 Å². The Kier molecular flexibility index (Phi) is 7.67. The van der Waals surface area contributed by atoms with Crippen LogP contribution in [0.5, 0.6) is 0 Å². The number of carbonyl (C=O) groups is 1. The van der Waals surface area contributed by atoms with Crippen molar-refractivity contribution in [3.8, 4) is 0 Å². The molecule has 1 aromatic carbocycles. The zero-order chi connectivity index (χ0) is 20.5. The SMILES string of the molecule is CCNC(=NCCNc1ccc2ccccc2n1)N1CCC(CC(=O)NC)CC1. The summed E-state index contributed by atoms with van der Waals surface area (Å²) in [5, 5.41) is 10.6. The fraction of sp³-hybridized carbons (Fsp3) is 0.500. The molecule has 156 valence electrons. The molecule has 1 saturated heterocycles. The summed E-state index contributed by atoms with van der Waals surface area (Å²) in [5.74, 6) is 2.44. The van der Waals surface area contributed by atoms with Gasteiger partial charge in [-0.1, -0.05) is 18.2 Å². The maximum Gasteiger partial charge on any atom is 0.220 e. The number of hydrogen-bond donors (Lipinski definition) is 3. The van der Waals surface area contributed by atoms with Gasteiger partial charge in [0, 0.05) is 45.0 Å². The van der Waals surface area contributed by atoms with Crippen LogP contribution in [0.4, 0.5) is 5.82 Å². The highest BCUT2D eigenvalue weighted by Crippen LogP contribution is 2.20. The molecule has 2 heterocycles. The van der Waals surface area contributed by atoms with Crippen LogP contribution in [-0.4, -0.2) is 61.5 Å². The Morgan fingerprint density at radius 2 is 2.00 bits per heavy atom. The number of nitrogens with zero attached hydrogens (tertiary/aromatic N) is 3. The second-order valence-corrected chi connectivity index (χ2v) is 7.36. The topological polar surface area (TPSA) is 81.7 Å². The molecular formula is C22H32N6O. The Morgan fingerprint density at radius 3 is 2.76 bits per heavy atom. The molecule has 7 nitrogen and oxygen atoms in total. The average molecular weight is 397 g/mol. The summed E-state index contributed by atoms with van der Waals surface area (Å²) in [6, 6.07) is 12.2. The van der Waals surface area contributed by atoms with Gasteiger partial charge >= 0.3 is 0 Å². The van der Waals surface area contributed by atoms with Gasteiger partial charge in [-0.05, 0) is 43.9 Å². The highest BCUT2D eigenvalue weighted by molar-refractivity contribution is 5.81. The molecule has 0 unspecified atom stereocenters. The molecule has 29 heavy (non-hydrogen) atoms. The van der Waals surface area contributed by atoms with Crippen molar-refractivity contribution in [1.29, 1.82) is 0 Å². The summed E-state index contributed by atoms with van der Waals surface area (Å²) >= 11 is 0. The molecule has 0 aliphatic carbocycles. The Hall–Kier alpha value is -2.83. The summed E-state index contributed by atoms with van der Waals surface area (Å²) in [6.45, 7) is 6.21. The number of benzene rings is 1. The largest absolute Gasteiger partial charge is 0.368 e. The number of piperidine rings is 1. The second-order valence-electron chi connectivity index (χ2n) is 7.36. The van der Waals surface area contributed by atoms with Gasteiger partial charge in [-0.2, -0.15) is 0 Å². The molecule has 1 amide bonds. The Bertz CT molecular complexity index is 829. The second kappa shape index (κ2) is 10.6. The summed E-state index contributed by atoms with van der Waals surface area (Å²) in [5.41, 5.74) is 0.994. The number of para-hydroxylation sites is 1. The molecule has 3 N–H and O–H groups in total. The zero-order valence-corrected chi connectivity index (χ0v) is 17.4. The lowest BCUT2D eigenvalue weighted by Gasteiger charge is -2.34. The van der Waals surface area contributed by atoms with Crippen LogP contribution in [0.25, 0.3) is 10.9 Å². The van der Waals surface area contributed by atoms with Crippen LogP contribution in [0.3, 0.4) is 0 Å². The molecule has 3 rings (SSSR count). The predicted molar refractivity (Wildman–Crippen MR) is 119 cm³/mol. The lowest BCUT2D eigenvalue weighted by molar-refractivity contribution is -0.121. The normalized spacial score (nSPS) is 15.4. The lowest BCUT2D eigenvalue weighted by Crippen LogP contribution is -2.46.